The fourth-order valence-electron chi connectivity index (χ4n) is 3.18. The number of nitrogens with zero attached hydrogens (tertiary/aromatic N) is 2. The van der Waals surface area contributed by atoms with Crippen LogP contribution >= 0.6 is 24.0 Å². The second kappa shape index (κ2) is 12.7. The Morgan fingerprint density at radius 1 is 1.03 bits per heavy atom. The molecule has 7 heteroatoms. The lowest BCUT2D eigenvalue weighted by Crippen LogP contribution is -2.38. The fraction of sp³-hybridized carbons (Fsp3) is 0.409. The maximum atomic E-state index is 9.40. The first-order chi connectivity index (χ1) is 13.7. The highest BCUT2D eigenvalue weighted by atomic mass is 127. The molecule has 0 aromatic heterocycles. The molecule has 0 radical (unpaired) electrons. The highest BCUT2D eigenvalue weighted by Gasteiger charge is 2.12. The lowest BCUT2D eigenvalue weighted by molar-refractivity contribution is 0.0341. The first kappa shape index (κ1) is 23.4. The van der Waals surface area contributed by atoms with Crippen molar-refractivity contribution < 1.29 is 9.84 Å². The Labute approximate surface area is 190 Å². The van der Waals surface area contributed by atoms with Gasteiger partial charge < -0.3 is 20.5 Å². The Hall–Kier alpha value is -1.84. The number of phenols is 1. The third-order valence-electron chi connectivity index (χ3n) is 4.76. The molecule has 158 valence electrons. The summed E-state index contributed by atoms with van der Waals surface area (Å²) in [5, 5.41) is 16.1. The van der Waals surface area contributed by atoms with E-state index in [1.807, 2.05) is 12.1 Å². The normalized spacial score (nSPS) is 14.9. The molecule has 3 rings (SSSR count). The van der Waals surface area contributed by atoms with Gasteiger partial charge in [0.2, 0.25) is 0 Å². The second-order valence-electron chi connectivity index (χ2n) is 6.87. The number of halogens is 1. The highest BCUT2D eigenvalue weighted by Crippen LogP contribution is 2.13. The van der Waals surface area contributed by atoms with Crippen molar-refractivity contribution in [1.82, 2.24) is 15.5 Å². The van der Waals surface area contributed by atoms with Gasteiger partial charge in [-0.25, -0.2) is 4.99 Å². The molecule has 3 N–H and O–H groups in total. The molecule has 1 fully saturated rings. The molecule has 0 bridgehead atoms. The molecule has 1 aliphatic rings. The number of rotatable bonds is 7. The van der Waals surface area contributed by atoms with Crippen LogP contribution in [-0.4, -0.2) is 48.8 Å². The predicted molar refractivity (Wildman–Crippen MR) is 128 cm³/mol. The van der Waals surface area contributed by atoms with E-state index < -0.39 is 0 Å². The van der Waals surface area contributed by atoms with E-state index in [2.05, 4.69) is 51.7 Å². The van der Waals surface area contributed by atoms with E-state index in [1.54, 1.807) is 12.1 Å². The van der Waals surface area contributed by atoms with Crippen LogP contribution in [0.1, 0.15) is 23.6 Å². The zero-order valence-corrected chi connectivity index (χ0v) is 19.3. The summed E-state index contributed by atoms with van der Waals surface area (Å²) >= 11 is 0. The third kappa shape index (κ3) is 7.83. The smallest absolute Gasteiger partial charge is 0.191 e. The molecular formula is C22H31IN4O2. The summed E-state index contributed by atoms with van der Waals surface area (Å²) in [6.45, 7) is 8.69. The van der Waals surface area contributed by atoms with Crippen LogP contribution in [0.15, 0.2) is 53.5 Å². The molecule has 2 aromatic carbocycles. The van der Waals surface area contributed by atoms with Gasteiger partial charge in [0.25, 0.3) is 0 Å². The topological polar surface area (TPSA) is 69.1 Å². The van der Waals surface area contributed by atoms with Gasteiger partial charge in [-0.3, -0.25) is 4.90 Å². The third-order valence-corrected chi connectivity index (χ3v) is 4.76. The number of guanidine groups is 1. The summed E-state index contributed by atoms with van der Waals surface area (Å²) in [4.78, 5) is 7.10. The summed E-state index contributed by atoms with van der Waals surface area (Å²) in [6, 6.07) is 15.7. The number of aromatic hydroxyl groups is 1. The number of benzene rings is 2. The molecule has 0 spiro atoms. The van der Waals surface area contributed by atoms with Crippen LogP contribution < -0.4 is 10.6 Å². The molecular weight excluding hydrogens is 479 g/mol. The van der Waals surface area contributed by atoms with E-state index >= 15 is 0 Å². The number of aliphatic imine (C=N–C) groups is 1. The maximum absolute atomic E-state index is 9.40. The van der Waals surface area contributed by atoms with Gasteiger partial charge in [-0.2, -0.15) is 0 Å². The van der Waals surface area contributed by atoms with Gasteiger partial charge in [0.1, 0.15) is 5.75 Å². The summed E-state index contributed by atoms with van der Waals surface area (Å²) in [7, 11) is 0. The van der Waals surface area contributed by atoms with Crippen molar-refractivity contribution in [3.63, 3.8) is 0 Å². The molecule has 2 aromatic rings. The van der Waals surface area contributed by atoms with Crippen molar-refractivity contribution in [2.75, 3.05) is 32.8 Å². The van der Waals surface area contributed by atoms with E-state index in [9.17, 15) is 5.11 Å². The zero-order valence-electron chi connectivity index (χ0n) is 16.9. The average molecular weight is 510 g/mol. The zero-order chi connectivity index (χ0) is 19.6. The monoisotopic (exact) mass is 510 g/mol. The van der Waals surface area contributed by atoms with Crippen LogP contribution in [0.2, 0.25) is 0 Å². The summed E-state index contributed by atoms with van der Waals surface area (Å²) in [6.07, 6.45) is 0. The molecule has 1 heterocycles. The van der Waals surface area contributed by atoms with E-state index in [0.29, 0.717) is 6.54 Å². The van der Waals surface area contributed by atoms with Gasteiger partial charge in [-0.1, -0.05) is 36.4 Å². The molecule has 29 heavy (non-hydrogen) atoms. The van der Waals surface area contributed by atoms with E-state index in [-0.39, 0.29) is 29.7 Å². The predicted octanol–water partition coefficient (Wildman–Crippen LogP) is 3.10. The standard InChI is InChI=1S/C22H30N4O2.HI/c1-2-23-22(24-15-18-7-9-21(27)10-8-18)25-16-19-5-3-4-6-20(19)17-26-11-13-28-14-12-26;/h3-10,27H,2,11-17H2,1H3,(H2,23,24,25);1H. The van der Waals surface area contributed by atoms with Crippen molar-refractivity contribution in [1.29, 1.82) is 0 Å². The fourth-order valence-corrected chi connectivity index (χ4v) is 3.18. The molecule has 0 saturated carbocycles. The van der Waals surface area contributed by atoms with Crippen LogP contribution in [0.5, 0.6) is 5.75 Å². The number of hydrogen-bond acceptors (Lipinski definition) is 4. The SMILES string of the molecule is CCNC(=NCc1ccc(O)cc1)NCc1ccccc1CN1CCOCC1.I. The van der Waals surface area contributed by atoms with Gasteiger partial charge in [0, 0.05) is 32.7 Å². The number of nitrogens with one attached hydrogen (secondary N) is 2. The van der Waals surface area contributed by atoms with Crippen molar-refractivity contribution in [3.05, 3.63) is 65.2 Å². The highest BCUT2D eigenvalue weighted by molar-refractivity contribution is 14.0. The Morgan fingerprint density at radius 2 is 1.72 bits per heavy atom. The van der Waals surface area contributed by atoms with Gasteiger partial charge >= 0.3 is 0 Å². The van der Waals surface area contributed by atoms with Crippen molar-refractivity contribution >= 4 is 29.9 Å². The molecule has 1 saturated heterocycles. The van der Waals surface area contributed by atoms with Crippen LogP contribution in [-0.2, 0) is 24.4 Å². The lowest BCUT2D eigenvalue weighted by Gasteiger charge is -2.27. The van der Waals surface area contributed by atoms with E-state index in [4.69, 9.17) is 4.74 Å². The summed E-state index contributed by atoms with van der Waals surface area (Å²) in [5.41, 5.74) is 3.68. The second-order valence-corrected chi connectivity index (χ2v) is 6.87. The van der Waals surface area contributed by atoms with Crippen molar-refractivity contribution in [2.45, 2.75) is 26.6 Å². The summed E-state index contributed by atoms with van der Waals surface area (Å²) < 4.78 is 5.45. The number of hydrogen-bond donors (Lipinski definition) is 3. The minimum Gasteiger partial charge on any atom is -0.508 e. The molecule has 0 aliphatic carbocycles. The molecule has 0 atom stereocenters. The van der Waals surface area contributed by atoms with Crippen LogP contribution in [0.4, 0.5) is 0 Å². The van der Waals surface area contributed by atoms with Gasteiger partial charge in [0.05, 0.1) is 19.8 Å². The number of ether oxygens (including phenoxy) is 1. The minimum absolute atomic E-state index is 0. The number of morpholine rings is 1. The van der Waals surface area contributed by atoms with Crippen molar-refractivity contribution in [2.24, 2.45) is 4.99 Å². The van der Waals surface area contributed by atoms with Crippen LogP contribution in [0.3, 0.4) is 0 Å². The first-order valence-electron chi connectivity index (χ1n) is 9.91. The largest absolute Gasteiger partial charge is 0.508 e. The minimum atomic E-state index is 0. The Bertz CT molecular complexity index is 762. The number of phenolic OH excluding ortho intramolecular Hbond substituents is 1. The van der Waals surface area contributed by atoms with Crippen molar-refractivity contribution in [3.8, 4) is 5.75 Å². The molecule has 6 nitrogen and oxygen atoms in total. The molecule has 0 amide bonds. The quantitative estimate of drug-likeness (QED) is 0.304. The van der Waals surface area contributed by atoms with E-state index in [0.717, 1.165) is 57.5 Å². The Balaban J connectivity index is 0.00000300. The Kier molecular flexibility index (Phi) is 10.2. The van der Waals surface area contributed by atoms with E-state index in [1.165, 1.54) is 11.1 Å². The molecule has 0 unspecified atom stereocenters. The Morgan fingerprint density at radius 3 is 2.41 bits per heavy atom. The maximum Gasteiger partial charge on any atom is 0.191 e. The van der Waals surface area contributed by atoms with Gasteiger partial charge in [-0.05, 0) is 35.7 Å². The summed E-state index contributed by atoms with van der Waals surface area (Å²) in [5.74, 6) is 1.06. The first-order valence-corrected chi connectivity index (χ1v) is 9.91. The van der Waals surface area contributed by atoms with Gasteiger partial charge in [-0.15, -0.1) is 24.0 Å². The van der Waals surface area contributed by atoms with Crippen LogP contribution in [0.25, 0.3) is 0 Å². The average Bonchev–Trinajstić information content (AvgIpc) is 2.73. The molecule has 1 aliphatic heterocycles. The lowest BCUT2D eigenvalue weighted by atomic mass is 10.1. The van der Waals surface area contributed by atoms with Gasteiger partial charge in [0.15, 0.2) is 5.96 Å². The van der Waals surface area contributed by atoms with Crippen LogP contribution in [0, 0.1) is 0 Å².